The van der Waals surface area contributed by atoms with Crippen LogP contribution in [0.3, 0.4) is 0 Å². The van der Waals surface area contributed by atoms with Crippen LogP contribution in [-0.2, 0) is 10.3 Å². The number of nitrogens with zero attached hydrogens (tertiary/aromatic N) is 1. The first-order chi connectivity index (χ1) is 12.7. The van der Waals surface area contributed by atoms with E-state index in [0.717, 1.165) is 30.4 Å². The first-order valence-electron chi connectivity index (χ1n) is 9.53. The summed E-state index contributed by atoms with van der Waals surface area (Å²) >= 11 is 0. The second-order valence-corrected chi connectivity index (χ2v) is 8.73. The molecule has 0 bridgehead atoms. The van der Waals surface area contributed by atoms with Gasteiger partial charge in [-0.3, -0.25) is 5.41 Å². The molecule has 4 N–H and O–H groups in total. The number of aromatic nitrogens is 1. The summed E-state index contributed by atoms with van der Waals surface area (Å²) in [6, 6.07) is 7.92. The molecule has 1 aromatic heterocycles. The van der Waals surface area contributed by atoms with Crippen molar-refractivity contribution < 1.29 is 14.6 Å². The Hall–Kier alpha value is -2.34. The van der Waals surface area contributed by atoms with Gasteiger partial charge in [0.1, 0.15) is 17.1 Å². The number of rotatable bonds is 4. The number of carbonyl (C=O) groups is 1. The predicted molar refractivity (Wildman–Crippen MR) is 105 cm³/mol. The lowest BCUT2D eigenvalue weighted by Gasteiger charge is -2.35. The number of carboxylic acid groups (broad SMARTS) is 1. The summed E-state index contributed by atoms with van der Waals surface area (Å²) in [5.74, 6) is -0.402. The Morgan fingerprint density at radius 1 is 1.33 bits per heavy atom. The molecule has 2 aliphatic rings. The normalized spacial score (nSPS) is 29.6. The number of hydrogen-bond acceptors (Lipinski definition) is 3. The fraction of sp³-hybridized carbons (Fsp3) is 0.524. The predicted octanol–water partition coefficient (Wildman–Crippen LogP) is 3.68. The van der Waals surface area contributed by atoms with E-state index in [0.29, 0.717) is 12.3 Å². The third-order valence-corrected chi connectivity index (χ3v) is 6.35. The smallest absolute Gasteiger partial charge is 0.352 e. The number of carboxylic acids is 1. The van der Waals surface area contributed by atoms with E-state index in [1.807, 2.05) is 13.0 Å². The van der Waals surface area contributed by atoms with Crippen molar-refractivity contribution in [1.82, 2.24) is 4.57 Å². The lowest BCUT2D eigenvalue weighted by molar-refractivity contribution is -0.0592. The van der Waals surface area contributed by atoms with Crippen molar-refractivity contribution in [1.29, 1.82) is 5.41 Å². The van der Waals surface area contributed by atoms with E-state index in [1.165, 1.54) is 5.56 Å². The minimum absolute atomic E-state index is 0.0326. The van der Waals surface area contributed by atoms with E-state index in [9.17, 15) is 9.90 Å². The minimum Gasteiger partial charge on any atom is -0.477 e. The van der Waals surface area contributed by atoms with Gasteiger partial charge in [0.2, 0.25) is 0 Å². The van der Waals surface area contributed by atoms with Gasteiger partial charge in [0.05, 0.1) is 5.60 Å². The van der Waals surface area contributed by atoms with Crippen molar-refractivity contribution in [3.63, 3.8) is 0 Å². The average molecular weight is 369 g/mol. The summed E-state index contributed by atoms with van der Waals surface area (Å²) in [5, 5.41) is 18.7. The van der Waals surface area contributed by atoms with Crippen LogP contribution in [0.4, 0.5) is 0 Å². The lowest BCUT2D eigenvalue weighted by atomic mass is 9.83. The standard InChI is InChI=1S/C21H27N3O3/c1-12-10-21(12,19(22)23)24-16-5-4-13(8-15(16)9-17(24)18(25)26)14-6-7-27-20(2,3)11-14/h4-5,8-9,12,14H,6-7,10-11H2,1-3H3,(H3,22,23)(H,25,26)/t12-,14-,21-/m0/s1. The molecule has 1 aliphatic heterocycles. The highest BCUT2D eigenvalue weighted by molar-refractivity contribution is 5.99. The van der Waals surface area contributed by atoms with Crippen molar-refractivity contribution in [2.45, 2.75) is 57.1 Å². The first-order valence-corrected chi connectivity index (χ1v) is 9.53. The van der Waals surface area contributed by atoms with Gasteiger partial charge in [-0.05, 0) is 68.7 Å². The van der Waals surface area contributed by atoms with E-state index in [1.54, 1.807) is 10.6 Å². The SMILES string of the molecule is C[C@H]1C[C@]1(C(=N)N)n1c(C(=O)O)cc2cc([C@H]3CCOC(C)(C)C3)ccc21. The van der Waals surface area contributed by atoms with E-state index in [2.05, 4.69) is 26.0 Å². The van der Waals surface area contributed by atoms with Gasteiger partial charge < -0.3 is 20.1 Å². The van der Waals surface area contributed by atoms with E-state index in [4.69, 9.17) is 15.9 Å². The molecule has 0 amide bonds. The molecule has 144 valence electrons. The molecule has 1 aliphatic carbocycles. The molecule has 1 aromatic carbocycles. The fourth-order valence-electron chi connectivity index (χ4n) is 4.81. The van der Waals surface area contributed by atoms with Crippen LogP contribution in [-0.4, -0.2) is 33.7 Å². The minimum atomic E-state index is -0.986. The highest BCUT2D eigenvalue weighted by Crippen LogP contribution is 2.52. The van der Waals surface area contributed by atoms with Crippen molar-refractivity contribution in [3.8, 4) is 0 Å². The molecule has 2 fully saturated rings. The Balaban J connectivity index is 1.83. The number of amidine groups is 1. The van der Waals surface area contributed by atoms with E-state index in [-0.39, 0.29) is 23.0 Å². The Morgan fingerprint density at radius 2 is 2.04 bits per heavy atom. The Bertz CT molecular complexity index is 946. The van der Waals surface area contributed by atoms with Crippen LogP contribution in [0.2, 0.25) is 0 Å². The van der Waals surface area contributed by atoms with Gasteiger partial charge in [0, 0.05) is 17.5 Å². The molecular weight excluding hydrogens is 342 g/mol. The average Bonchev–Trinajstić information content (AvgIpc) is 3.11. The zero-order chi connectivity index (χ0) is 19.6. The van der Waals surface area contributed by atoms with Crippen molar-refractivity contribution in [3.05, 3.63) is 35.5 Å². The number of fused-ring (bicyclic) bond motifs is 1. The molecule has 1 saturated carbocycles. The number of nitrogens with one attached hydrogen (secondary N) is 1. The van der Waals surface area contributed by atoms with Crippen molar-refractivity contribution >= 4 is 22.7 Å². The van der Waals surface area contributed by atoms with Crippen molar-refractivity contribution in [2.24, 2.45) is 11.7 Å². The van der Waals surface area contributed by atoms with Gasteiger partial charge >= 0.3 is 5.97 Å². The summed E-state index contributed by atoms with van der Waals surface area (Å²) in [6.07, 6.45) is 2.61. The molecule has 0 radical (unpaired) electrons. The Morgan fingerprint density at radius 3 is 2.59 bits per heavy atom. The molecule has 2 heterocycles. The monoisotopic (exact) mass is 369 g/mol. The molecule has 3 atom stereocenters. The number of ether oxygens (including phenoxy) is 1. The molecule has 0 unspecified atom stereocenters. The number of aromatic carboxylic acids is 1. The molecule has 27 heavy (non-hydrogen) atoms. The highest BCUT2D eigenvalue weighted by atomic mass is 16.5. The van der Waals surface area contributed by atoms with E-state index < -0.39 is 11.5 Å². The van der Waals surface area contributed by atoms with Crippen LogP contribution in [0.1, 0.15) is 62.0 Å². The van der Waals surface area contributed by atoms with Crippen LogP contribution in [0.15, 0.2) is 24.3 Å². The van der Waals surface area contributed by atoms with Crippen LogP contribution in [0.25, 0.3) is 10.9 Å². The van der Waals surface area contributed by atoms with Gasteiger partial charge in [0.15, 0.2) is 0 Å². The zero-order valence-corrected chi connectivity index (χ0v) is 16.1. The molecule has 6 heteroatoms. The van der Waals surface area contributed by atoms with Crippen LogP contribution >= 0.6 is 0 Å². The summed E-state index contributed by atoms with van der Waals surface area (Å²) in [6.45, 7) is 6.98. The zero-order valence-electron chi connectivity index (χ0n) is 16.1. The Kier molecular flexibility index (Phi) is 3.89. The van der Waals surface area contributed by atoms with Crippen molar-refractivity contribution in [2.75, 3.05) is 6.61 Å². The van der Waals surface area contributed by atoms with E-state index >= 15 is 0 Å². The molecular formula is C21H27N3O3. The van der Waals surface area contributed by atoms with Gasteiger partial charge in [-0.1, -0.05) is 13.0 Å². The van der Waals surface area contributed by atoms with Gasteiger partial charge in [-0.25, -0.2) is 4.79 Å². The maximum absolute atomic E-state index is 11.9. The topological polar surface area (TPSA) is 101 Å². The molecule has 0 spiro atoms. The third-order valence-electron chi connectivity index (χ3n) is 6.35. The number of hydrogen-bond donors (Lipinski definition) is 3. The second-order valence-electron chi connectivity index (χ2n) is 8.73. The van der Waals surface area contributed by atoms with Gasteiger partial charge in [-0.2, -0.15) is 0 Å². The van der Waals surface area contributed by atoms with Crippen LogP contribution in [0.5, 0.6) is 0 Å². The largest absolute Gasteiger partial charge is 0.477 e. The van der Waals surface area contributed by atoms with Crippen LogP contribution < -0.4 is 5.73 Å². The second kappa shape index (κ2) is 5.83. The first kappa shape index (κ1) is 18.0. The maximum atomic E-state index is 11.9. The van der Waals surface area contributed by atoms with Gasteiger partial charge in [-0.15, -0.1) is 0 Å². The third kappa shape index (κ3) is 2.74. The molecule has 2 aromatic rings. The lowest BCUT2D eigenvalue weighted by Crippen LogP contribution is -2.36. The van der Waals surface area contributed by atoms with Crippen LogP contribution in [0, 0.1) is 11.3 Å². The summed E-state index contributed by atoms with van der Waals surface area (Å²) < 4.78 is 7.60. The Labute approximate surface area is 158 Å². The molecule has 6 nitrogen and oxygen atoms in total. The number of nitrogens with two attached hydrogens (primary N) is 1. The fourth-order valence-corrected chi connectivity index (χ4v) is 4.81. The quantitative estimate of drug-likeness (QED) is 0.565. The van der Waals surface area contributed by atoms with Gasteiger partial charge in [0.25, 0.3) is 0 Å². The number of benzene rings is 1. The summed E-state index contributed by atoms with van der Waals surface area (Å²) in [4.78, 5) is 11.9. The molecule has 1 saturated heterocycles. The maximum Gasteiger partial charge on any atom is 0.352 e. The summed E-state index contributed by atoms with van der Waals surface area (Å²) in [5.41, 5.74) is 7.31. The summed E-state index contributed by atoms with van der Waals surface area (Å²) in [7, 11) is 0. The molecule has 4 rings (SSSR count). The highest BCUT2D eigenvalue weighted by Gasteiger charge is 2.57.